The maximum Gasteiger partial charge on any atom is 0.135 e. The Morgan fingerprint density at radius 2 is 0.581 bits per heavy atom. The molecular formula is C73H42O. The SMILES string of the molecule is c1ccc2c(c1)-c1ccccc1C21c2c(c3ccccc3c3ccccc23)-c2c1c1ccc(-c3ccc(-c4c5ccccc5c(-c5ccc6oc7ccccc7c6c5)c5ccccc45)cc3)cc1c1ccccc21. The molecule has 74 heavy (non-hydrogen) atoms. The lowest BCUT2D eigenvalue weighted by atomic mass is 9.68. The van der Waals surface area contributed by atoms with E-state index in [1.54, 1.807) is 0 Å². The minimum Gasteiger partial charge on any atom is -0.456 e. The van der Waals surface area contributed by atoms with Gasteiger partial charge in [-0.25, -0.2) is 0 Å². The Morgan fingerprint density at radius 1 is 0.216 bits per heavy atom. The van der Waals surface area contributed by atoms with Gasteiger partial charge in [0.25, 0.3) is 0 Å². The van der Waals surface area contributed by atoms with Gasteiger partial charge in [0.1, 0.15) is 11.2 Å². The molecule has 0 atom stereocenters. The third-order valence-electron chi connectivity index (χ3n) is 17.0. The van der Waals surface area contributed by atoms with Gasteiger partial charge in [-0.1, -0.05) is 231 Å². The summed E-state index contributed by atoms with van der Waals surface area (Å²) in [6.07, 6.45) is 0. The van der Waals surface area contributed by atoms with Crippen LogP contribution >= 0.6 is 0 Å². The molecule has 1 spiro atoms. The van der Waals surface area contributed by atoms with Crippen LogP contribution in [0.3, 0.4) is 0 Å². The van der Waals surface area contributed by atoms with E-state index >= 15 is 0 Å². The summed E-state index contributed by atoms with van der Waals surface area (Å²) in [7, 11) is 0. The Kier molecular flexibility index (Phi) is 8.00. The number of hydrogen-bond donors (Lipinski definition) is 0. The van der Waals surface area contributed by atoms with E-state index < -0.39 is 5.41 Å². The number of hydrogen-bond acceptors (Lipinski definition) is 1. The van der Waals surface area contributed by atoms with E-state index in [1.165, 1.54) is 143 Å². The summed E-state index contributed by atoms with van der Waals surface area (Å²) in [5.74, 6) is 0. The predicted octanol–water partition coefficient (Wildman–Crippen LogP) is 19.8. The van der Waals surface area contributed by atoms with Crippen molar-refractivity contribution in [3.05, 3.63) is 277 Å². The first kappa shape index (κ1) is 40.1. The normalized spacial score (nSPS) is 13.2. The molecule has 340 valence electrons. The van der Waals surface area contributed by atoms with Gasteiger partial charge in [-0.05, 0) is 167 Å². The second-order valence-electron chi connectivity index (χ2n) is 20.5. The largest absolute Gasteiger partial charge is 0.456 e. The van der Waals surface area contributed by atoms with Gasteiger partial charge in [0.05, 0.1) is 5.41 Å². The summed E-state index contributed by atoms with van der Waals surface area (Å²) in [6, 6.07) is 95.5. The second kappa shape index (κ2) is 14.8. The van der Waals surface area contributed by atoms with Crippen molar-refractivity contribution < 1.29 is 4.42 Å². The first-order valence-corrected chi connectivity index (χ1v) is 25.8. The molecule has 0 amide bonds. The topological polar surface area (TPSA) is 13.1 Å². The fourth-order valence-electron chi connectivity index (χ4n) is 14.2. The van der Waals surface area contributed by atoms with E-state index in [0.717, 1.165) is 21.9 Å². The minimum atomic E-state index is -0.547. The van der Waals surface area contributed by atoms with Crippen molar-refractivity contribution in [2.75, 3.05) is 0 Å². The summed E-state index contributed by atoms with van der Waals surface area (Å²) >= 11 is 0. The zero-order valence-electron chi connectivity index (χ0n) is 40.2. The van der Waals surface area contributed by atoms with Crippen molar-refractivity contribution in [1.82, 2.24) is 0 Å². The van der Waals surface area contributed by atoms with Crippen molar-refractivity contribution >= 4 is 86.6 Å². The number of benzene rings is 14. The highest BCUT2D eigenvalue weighted by atomic mass is 16.3. The molecule has 0 unspecified atom stereocenters. The minimum absolute atomic E-state index is 0.547. The smallest absolute Gasteiger partial charge is 0.135 e. The number of rotatable bonds is 3. The third-order valence-corrected chi connectivity index (χ3v) is 17.0. The van der Waals surface area contributed by atoms with Gasteiger partial charge >= 0.3 is 0 Å². The summed E-state index contributed by atoms with van der Waals surface area (Å²) < 4.78 is 6.28. The van der Waals surface area contributed by atoms with Crippen LogP contribution in [0.1, 0.15) is 22.3 Å². The van der Waals surface area contributed by atoms with E-state index in [4.69, 9.17) is 4.42 Å². The monoisotopic (exact) mass is 934 g/mol. The van der Waals surface area contributed by atoms with Crippen LogP contribution in [-0.2, 0) is 5.41 Å². The van der Waals surface area contributed by atoms with Gasteiger partial charge in [-0.2, -0.15) is 0 Å². The molecule has 2 aliphatic carbocycles. The Morgan fingerprint density at radius 3 is 1.16 bits per heavy atom. The van der Waals surface area contributed by atoms with E-state index in [2.05, 4.69) is 249 Å². The summed E-state index contributed by atoms with van der Waals surface area (Å²) in [5, 5.41) is 17.6. The van der Waals surface area contributed by atoms with Gasteiger partial charge in [-0.15, -0.1) is 0 Å². The quantitative estimate of drug-likeness (QED) is 0.127. The van der Waals surface area contributed by atoms with Crippen LogP contribution in [0.25, 0.3) is 142 Å². The standard InChI is InChI=1S/C73H42O/c1-4-23-53-47(17-1)48-18-3-10-29-59(48)71-69(53)70-54-24-5-2-19-49(54)61-41-45(37-39-60(61)72(70)73(71)63-30-14-11-20-50(63)51-21-12-15-31-64(51)73)43-33-35-44(36-34-43)67-55-25-6-8-27-57(55)68(58-28-9-7-26-56(58)67)46-38-40-66-62(42-46)52-22-13-16-32-65(52)74-66/h1-42H. The van der Waals surface area contributed by atoms with E-state index in [-0.39, 0.29) is 0 Å². The Hall–Kier alpha value is -9.56. The van der Waals surface area contributed by atoms with Gasteiger partial charge in [-0.3, -0.25) is 0 Å². The molecule has 14 aromatic carbocycles. The fourth-order valence-corrected chi connectivity index (χ4v) is 14.2. The Balaban J connectivity index is 0.884. The van der Waals surface area contributed by atoms with Gasteiger partial charge in [0, 0.05) is 10.8 Å². The molecule has 0 aliphatic heterocycles. The lowest BCUT2D eigenvalue weighted by Gasteiger charge is -2.33. The predicted molar refractivity (Wildman–Crippen MR) is 311 cm³/mol. The molecule has 1 heteroatoms. The van der Waals surface area contributed by atoms with Gasteiger partial charge < -0.3 is 4.42 Å². The maximum absolute atomic E-state index is 6.28. The van der Waals surface area contributed by atoms with Crippen LogP contribution in [0, 0.1) is 0 Å². The number of para-hydroxylation sites is 1. The molecular weight excluding hydrogens is 893 g/mol. The summed E-state index contributed by atoms with van der Waals surface area (Å²) in [6.45, 7) is 0. The number of furan rings is 1. The second-order valence-corrected chi connectivity index (χ2v) is 20.5. The van der Waals surface area contributed by atoms with Gasteiger partial charge in [0.15, 0.2) is 0 Å². The van der Waals surface area contributed by atoms with Crippen molar-refractivity contribution in [1.29, 1.82) is 0 Å². The van der Waals surface area contributed by atoms with Crippen LogP contribution in [-0.4, -0.2) is 0 Å². The zero-order chi connectivity index (χ0) is 48.2. The van der Waals surface area contributed by atoms with Crippen molar-refractivity contribution in [2.45, 2.75) is 5.41 Å². The highest BCUT2D eigenvalue weighted by Gasteiger charge is 2.54. The Bertz CT molecular complexity index is 4850. The zero-order valence-corrected chi connectivity index (χ0v) is 40.2. The first-order chi connectivity index (χ1) is 36.7. The van der Waals surface area contributed by atoms with Crippen LogP contribution in [0.2, 0.25) is 0 Å². The Labute approximate surface area is 426 Å². The average Bonchev–Trinajstić information content (AvgIpc) is 4.31. The molecule has 15 aromatic rings. The average molecular weight is 935 g/mol. The van der Waals surface area contributed by atoms with Crippen LogP contribution in [0.4, 0.5) is 0 Å². The molecule has 0 saturated heterocycles. The highest BCUT2D eigenvalue weighted by molar-refractivity contribution is 6.28. The molecule has 0 saturated carbocycles. The third kappa shape index (κ3) is 5.13. The molecule has 2 aliphatic rings. The van der Waals surface area contributed by atoms with Crippen molar-refractivity contribution in [3.8, 4) is 55.6 Å². The molecule has 0 fully saturated rings. The molecule has 0 radical (unpaired) electrons. The first-order valence-electron chi connectivity index (χ1n) is 25.8. The van der Waals surface area contributed by atoms with E-state index in [9.17, 15) is 0 Å². The van der Waals surface area contributed by atoms with Crippen LogP contribution < -0.4 is 0 Å². The number of fused-ring (bicyclic) bond motifs is 25. The molecule has 1 aromatic heterocycles. The van der Waals surface area contributed by atoms with Crippen LogP contribution in [0.5, 0.6) is 0 Å². The van der Waals surface area contributed by atoms with Crippen molar-refractivity contribution in [2.24, 2.45) is 0 Å². The summed E-state index contributed by atoms with van der Waals surface area (Å²) in [5.41, 5.74) is 19.4. The molecule has 1 heterocycles. The molecule has 1 nitrogen and oxygen atoms in total. The summed E-state index contributed by atoms with van der Waals surface area (Å²) in [4.78, 5) is 0. The van der Waals surface area contributed by atoms with Crippen molar-refractivity contribution in [3.63, 3.8) is 0 Å². The lowest BCUT2D eigenvalue weighted by Crippen LogP contribution is -2.26. The van der Waals surface area contributed by atoms with E-state index in [1.807, 2.05) is 6.07 Å². The van der Waals surface area contributed by atoms with Gasteiger partial charge in [0.2, 0.25) is 0 Å². The van der Waals surface area contributed by atoms with Crippen LogP contribution in [0.15, 0.2) is 259 Å². The molecule has 17 rings (SSSR count). The molecule has 0 N–H and O–H groups in total. The van der Waals surface area contributed by atoms with E-state index in [0.29, 0.717) is 0 Å². The molecule has 0 bridgehead atoms. The highest BCUT2D eigenvalue weighted by Crippen LogP contribution is 2.68. The fraction of sp³-hybridized carbons (Fsp3) is 0.0137. The maximum atomic E-state index is 6.28. The lowest BCUT2D eigenvalue weighted by molar-refractivity contribution is 0.669.